The summed E-state index contributed by atoms with van der Waals surface area (Å²) in [4.78, 5) is 0. The zero-order valence-corrected chi connectivity index (χ0v) is 7.12. The molecule has 0 heterocycles. The quantitative estimate of drug-likeness (QED) is 0.696. The van der Waals surface area contributed by atoms with Crippen LogP contribution in [0.5, 0.6) is 5.75 Å². The van der Waals surface area contributed by atoms with Crippen molar-refractivity contribution < 1.29 is 5.11 Å². The Hall–Kier alpha value is -1.28. The molecule has 1 aromatic rings. The Bertz CT molecular complexity index is 292. The molecule has 64 valence electrons. The molecule has 1 rings (SSSR count). The predicted molar refractivity (Wildman–Crippen MR) is 50.9 cm³/mol. The lowest BCUT2D eigenvalue weighted by atomic mass is 10.1. The molecule has 0 unspecified atom stereocenters. The highest BCUT2D eigenvalue weighted by Crippen LogP contribution is 2.19. The summed E-state index contributed by atoms with van der Waals surface area (Å²) < 4.78 is 0. The van der Waals surface area contributed by atoms with Crippen LogP contribution in [0.3, 0.4) is 0 Å². The third-order valence-electron chi connectivity index (χ3n) is 1.62. The van der Waals surface area contributed by atoms with E-state index in [-0.39, 0.29) is 0 Å². The van der Waals surface area contributed by atoms with Crippen molar-refractivity contribution in [3.63, 3.8) is 0 Å². The van der Waals surface area contributed by atoms with E-state index in [4.69, 9.17) is 5.73 Å². The van der Waals surface area contributed by atoms with Crippen molar-refractivity contribution in [1.29, 1.82) is 0 Å². The molecule has 0 radical (unpaired) electrons. The summed E-state index contributed by atoms with van der Waals surface area (Å²) >= 11 is 0. The number of benzene rings is 1. The summed E-state index contributed by atoms with van der Waals surface area (Å²) in [6.07, 6.45) is 3.64. The molecule has 0 aliphatic heterocycles. The van der Waals surface area contributed by atoms with Crippen LogP contribution in [0.1, 0.15) is 11.1 Å². The SMILES string of the molecule is Cc1ccc(O)c(C=CCN)c1. The van der Waals surface area contributed by atoms with Crippen LogP contribution in [-0.2, 0) is 0 Å². The van der Waals surface area contributed by atoms with E-state index >= 15 is 0 Å². The fraction of sp³-hybridized carbons (Fsp3) is 0.200. The van der Waals surface area contributed by atoms with Gasteiger partial charge in [-0.15, -0.1) is 0 Å². The Morgan fingerprint density at radius 1 is 1.50 bits per heavy atom. The summed E-state index contributed by atoms with van der Waals surface area (Å²) in [5, 5.41) is 9.37. The van der Waals surface area contributed by atoms with Gasteiger partial charge >= 0.3 is 0 Å². The van der Waals surface area contributed by atoms with E-state index in [1.165, 1.54) is 0 Å². The van der Waals surface area contributed by atoms with E-state index in [1.807, 2.05) is 31.2 Å². The first-order valence-corrected chi connectivity index (χ1v) is 3.90. The lowest BCUT2D eigenvalue weighted by Gasteiger charge is -1.99. The maximum absolute atomic E-state index is 9.37. The first kappa shape index (κ1) is 8.81. The molecule has 1 aromatic carbocycles. The molecular formula is C10H13NO. The normalized spacial score (nSPS) is 10.8. The highest BCUT2D eigenvalue weighted by Gasteiger charge is 1.95. The monoisotopic (exact) mass is 163 g/mol. The second-order valence-electron chi connectivity index (χ2n) is 2.70. The Labute approximate surface area is 72.3 Å². The van der Waals surface area contributed by atoms with Crippen LogP contribution in [0.15, 0.2) is 24.3 Å². The average molecular weight is 163 g/mol. The molecule has 0 fully saturated rings. The predicted octanol–water partition coefficient (Wildman–Crippen LogP) is 1.67. The number of phenols is 1. The average Bonchev–Trinajstić information content (AvgIpc) is 2.07. The smallest absolute Gasteiger partial charge is 0.122 e. The molecule has 2 heteroatoms. The molecule has 0 bridgehead atoms. The maximum Gasteiger partial charge on any atom is 0.122 e. The Kier molecular flexibility index (Phi) is 2.88. The van der Waals surface area contributed by atoms with Crippen LogP contribution in [0.4, 0.5) is 0 Å². The van der Waals surface area contributed by atoms with Crippen molar-refractivity contribution in [3.05, 3.63) is 35.4 Å². The minimum Gasteiger partial charge on any atom is -0.507 e. The summed E-state index contributed by atoms with van der Waals surface area (Å²) in [6.45, 7) is 2.48. The molecule has 0 aromatic heterocycles. The van der Waals surface area contributed by atoms with Crippen LogP contribution in [0, 0.1) is 6.92 Å². The van der Waals surface area contributed by atoms with Crippen LogP contribution in [-0.4, -0.2) is 11.7 Å². The zero-order valence-electron chi connectivity index (χ0n) is 7.12. The minimum absolute atomic E-state index is 0.297. The van der Waals surface area contributed by atoms with Crippen LogP contribution < -0.4 is 5.73 Å². The lowest BCUT2D eigenvalue weighted by molar-refractivity contribution is 0.474. The summed E-state index contributed by atoms with van der Waals surface area (Å²) in [5.41, 5.74) is 7.25. The van der Waals surface area contributed by atoms with Gasteiger partial charge in [0.1, 0.15) is 5.75 Å². The molecular weight excluding hydrogens is 150 g/mol. The molecule has 0 amide bonds. The van der Waals surface area contributed by atoms with E-state index in [1.54, 1.807) is 6.07 Å². The topological polar surface area (TPSA) is 46.2 Å². The number of hydrogen-bond donors (Lipinski definition) is 2. The van der Waals surface area contributed by atoms with Gasteiger partial charge in [0.15, 0.2) is 0 Å². The fourth-order valence-electron chi connectivity index (χ4n) is 1.00. The van der Waals surface area contributed by atoms with Crippen LogP contribution in [0.25, 0.3) is 6.08 Å². The summed E-state index contributed by atoms with van der Waals surface area (Å²) in [5.74, 6) is 0.297. The van der Waals surface area contributed by atoms with E-state index in [0.29, 0.717) is 12.3 Å². The second kappa shape index (κ2) is 3.93. The number of rotatable bonds is 2. The fourth-order valence-corrected chi connectivity index (χ4v) is 1.00. The molecule has 3 N–H and O–H groups in total. The first-order valence-electron chi connectivity index (χ1n) is 3.90. The van der Waals surface area contributed by atoms with Gasteiger partial charge in [0.2, 0.25) is 0 Å². The highest BCUT2D eigenvalue weighted by atomic mass is 16.3. The zero-order chi connectivity index (χ0) is 8.97. The molecule has 0 aliphatic carbocycles. The van der Waals surface area contributed by atoms with E-state index < -0.39 is 0 Å². The van der Waals surface area contributed by atoms with Crippen LogP contribution in [0.2, 0.25) is 0 Å². The molecule has 0 spiro atoms. The van der Waals surface area contributed by atoms with Gasteiger partial charge in [-0.1, -0.05) is 23.8 Å². The third kappa shape index (κ3) is 2.10. The van der Waals surface area contributed by atoms with Gasteiger partial charge in [-0.05, 0) is 19.1 Å². The third-order valence-corrected chi connectivity index (χ3v) is 1.62. The summed E-state index contributed by atoms with van der Waals surface area (Å²) in [6, 6.07) is 5.47. The Morgan fingerprint density at radius 2 is 2.25 bits per heavy atom. The Balaban J connectivity index is 2.97. The molecule has 12 heavy (non-hydrogen) atoms. The standard InChI is InChI=1S/C10H13NO/c1-8-4-5-10(12)9(7-8)3-2-6-11/h2-5,7,12H,6,11H2,1H3. The number of aryl methyl sites for hydroxylation is 1. The Morgan fingerprint density at radius 3 is 2.92 bits per heavy atom. The van der Waals surface area contributed by atoms with Crippen molar-refractivity contribution in [2.75, 3.05) is 6.54 Å². The van der Waals surface area contributed by atoms with E-state index in [9.17, 15) is 5.11 Å². The lowest BCUT2D eigenvalue weighted by Crippen LogP contribution is -1.92. The van der Waals surface area contributed by atoms with Crippen molar-refractivity contribution in [1.82, 2.24) is 0 Å². The van der Waals surface area contributed by atoms with Crippen molar-refractivity contribution >= 4 is 6.08 Å². The van der Waals surface area contributed by atoms with Crippen molar-refractivity contribution in [3.8, 4) is 5.75 Å². The van der Waals surface area contributed by atoms with Crippen molar-refractivity contribution in [2.24, 2.45) is 5.73 Å². The molecule has 2 nitrogen and oxygen atoms in total. The molecule has 0 atom stereocenters. The minimum atomic E-state index is 0.297. The number of nitrogens with two attached hydrogens (primary N) is 1. The van der Waals surface area contributed by atoms with Gasteiger partial charge < -0.3 is 10.8 Å². The van der Waals surface area contributed by atoms with Gasteiger partial charge in [0, 0.05) is 12.1 Å². The van der Waals surface area contributed by atoms with Gasteiger partial charge in [-0.25, -0.2) is 0 Å². The number of aromatic hydroxyl groups is 1. The van der Waals surface area contributed by atoms with Gasteiger partial charge in [0.25, 0.3) is 0 Å². The maximum atomic E-state index is 9.37. The molecule has 0 saturated heterocycles. The summed E-state index contributed by atoms with van der Waals surface area (Å²) in [7, 11) is 0. The molecule has 0 aliphatic rings. The van der Waals surface area contributed by atoms with Crippen LogP contribution >= 0.6 is 0 Å². The second-order valence-corrected chi connectivity index (χ2v) is 2.70. The largest absolute Gasteiger partial charge is 0.507 e. The number of phenolic OH excluding ortho intramolecular Hbond substituents is 1. The van der Waals surface area contributed by atoms with Gasteiger partial charge in [0.05, 0.1) is 0 Å². The van der Waals surface area contributed by atoms with E-state index in [2.05, 4.69) is 0 Å². The molecule has 0 saturated carbocycles. The van der Waals surface area contributed by atoms with Gasteiger partial charge in [-0.3, -0.25) is 0 Å². The number of hydrogen-bond acceptors (Lipinski definition) is 2. The van der Waals surface area contributed by atoms with Gasteiger partial charge in [-0.2, -0.15) is 0 Å². The first-order chi connectivity index (χ1) is 5.74. The van der Waals surface area contributed by atoms with Crippen molar-refractivity contribution in [2.45, 2.75) is 6.92 Å². The van der Waals surface area contributed by atoms with E-state index in [0.717, 1.165) is 11.1 Å². The highest BCUT2D eigenvalue weighted by molar-refractivity contribution is 5.57.